The van der Waals surface area contributed by atoms with E-state index in [0.29, 0.717) is 72.0 Å². The number of nitrogens with zero attached hydrogens (tertiary/aromatic N) is 7. The fourth-order valence-corrected chi connectivity index (χ4v) is 10.6. The van der Waals surface area contributed by atoms with Crippen LogP contribution in [-0.4, -0.2) is 70.9 Å². The maximum absolute atomic E-state index is 13.5. The molecule has 13 rings (SSSR count). The number of pyridine rings is 2. The SMILES string of the molecule is Cc1ccc(S(=O)(=O)n2cc(-c3ccncc3)c3c(NC4CC4)nc(Cl)nc32)cc1.Nc1ccc2c(c1)CCC(=O)C2.O=C1CCc2cc(Nc3nc(NC4CC4)c4c(-c5ccncc5)c[nH]c4n3)ccc2C1. The number of aryl methyl sites for hydroxylation is 3. The number of halogens is 1. The number of nitrogens with one attached hydrogen (secondary N) is 4. The summed E-state index contributed by atoms with van der Waals surface area (Å²) in [7, 11) is -3.89. The zero-order valence-electron chi connectivity index (χ0n) is 39.9. The highest BCUT2D eigenvalue weighted by Crippen LogP contribution is 2.39. The summed E-state index contributed by atoms with van der Waals surface area (Å²) in [4.78, 5) is 52.7. The zero-order valence-corrected chi connectivity index (χ0v) is 41.5. The van der Waals surface area contributed by atoms with Crippen LogP contribution in [-0.2, 0) is 45.3 Å². The smallest absolute Gasteiger partial charge is 0.269 e. The third-order valence-corrected chi connectivity index (χ3v) is 15.2. The fourth-order valence-electron chi connectivity index (χ4n) is 9.17. The first-order valence-corrected chi connectivity index (χ1v) is 26.2. The van der Waals surface area contributed by atoms with E-state index in [4.69, 9.17) is 27.3 Å². The van der Waals surface area contributed by atoms with Crippen LogP contribution >= 0.6 is 11.6 Å². The molecule has 6 heterocycles. The topological polar surface area (TPSA) is 228 Å². The highest BCUT2D eigenvalue weighted by atomic mass is 35.5. The number of nitrogens with two attached hydrogens (primary N) is 1. The molecular formula is C55H51ClN12O4S. The van der Waals surface area contributed by atoms with Crippen LogP contribution in [0.5, 0.6) is 0 Å². The monoisotopic (exact) mass is 1010 g/mol. The molecule has 16 nitrogen and oxygen atoms in total. The molecule has 9 aromatic rings. The van der Waals surface area contributed by atoms with Crippen molar-refractivity contribution in [1.82, 2.24) is 38.9 Å². The molecule has 2 fully saturated rings. The van der Waals surface area contributed by atoms with Gasteiger partial charge in [0.15, 0.2) is 5.65 Å². The number of ketones is 2. The number of rotatable bonds is 10. The first-order valence-electron chi connectivity index (χ1n) is 24.3. The van der Waals surface area contributed by atoms with Gasteiger partial charge in [0.25, 0.3) is 10.0 Å². The number of benzene rings is 3. The summed E-state index contributed by atoms with van der Waals surface area (Å²) in [6, 6.07) is 27.1. The van der Waals surface area contributed by atoms with Crippen LogP contribution in [0, 0.1) is 6.92 Å². The molecule has 4 aliphatic carbocycles. The first-order chi connectivity index (χ1) is 35.4. The van der Waals surface area contributed by atoms with Crippen molar-refractivity contribution in [2.24, 2.45) is 0 Å². The number of nitrogen functional groups attached to an aromatic ring is 1. The van der Waals surface area contributed by atoms with Crippen molar-refractivity contribution in [2.75, 3.05) is 21.7 Å². The molecule has 0 radical (unpaired) electrons. The molecule has 2 saturated carbocycles. The van der Waals surface area contributed by atoms with E-state index < -0.39 is 10.0 Å². The molecule has 0 amide bonds. The summed E-state index contributed by atoms with van der Waals surface area (Å²) < 4.78 is 28.2. The van der Waals surface area contributed by atoms with Gasteiger partial charge in [0.1, 0.15) is 28.8 Å². The summed E-state index contributed by atoms with van der Waals surface area (Å²) in [5.41, 5.74) is 17.8. The Balaban J connectivity index is 0.000000129. The second-order valence-corrected chi connectivity index (χ2v) is 21.0. The average Bonchev–Trinajstić information content (AvgIpc) is 4.32. The van der Waals surface area contributed by atoms with Crippen LogP contribution in [0.2, 0.25) is 5.28 Å². The van der Waals surface area contributed by atoms with Crippen LogP contribution in [0.3, 0.4) is 0 Å². The molecule has 6 aromatic heterocycles. The molecule has 18 heteroatoms. The van der Waals surface area contributed by atoms with Crippen LogP contribution in [0.25, 0.3) is 44.3 Å². The van der Waals surface area contributed by atoms with Gasteiger partial charge >= 0.3 is 0 Å². The Morgan fingerprint density at radius 1 is 0.658 bits per heavy atom. The van der Waals surface area contributed by atoms with Crippen molar-refractivity contribution in [3.63, 3.8) is 0 Å². The number of carbonyl (C=O) groups excluding carboxylic acids is 2. The maximum Gasteiger partial charge on any atom is 0.269 e. The van der Waals surface area contributed by atoms with Gasteiger partial charge in [-0.3, -0.25) is 19.6 Å². The number of hydrogen-bond acceptors (Lipinski definition) is 14. The number of anilines is 5. The maximum atomic E-state index is 13.5. The molecule has 0 atom stereocenters. The Kier molecular flexibility index (Phi) is 12.9. The molecule has 0 spiro atoms. The second kappa shape index (κ2) is 19.9. The number of aromatic nitrogens is 8. The molecule has 6 N–H and O–H groups in total. The Hall–Kier alpha value is -8.02. The highest BCUT2D eigenvalue weighted by Gasteiger charge is 2.29. The summed E-state index contributed by atoms with van der Waals surface area (Å²) >= 11 is 6.19. The van der Waals surface area contributed by atoms with Crippen LogP contribution in [0.1, 0.15) is 66.3 Å². The Bertz CT molecular complexity index is 3670. The van der Waals surface area contributed by atoms with Crippen molar-refractivity contribution in [1.29, 1.82) is 0 Å². The van der Waals surface area contributed by atoms with Gasteiger partial charge in [-0.15, -0.1) is 0 Å². The van der Waals surface area contributed by atoms with Crippen LogP contribution in [0.15, 0.2) is 127 Å². The minimum absolute atomic E-state index is 0.00890. The first kappa shape index (κ1) is 47.3. The van der Waals surface area contributed by atoms with E-state index in [1.165, 1.54) is 15.1 Å². The highest BCUT2D eigenvalue weighted by molar-refractivity contribution is 7.90. The molecule has 3 aromatic carbocycles. The number of hydrogen-bond donors (Lipinski definition) is 5. The Morgan fingerprint density at radius 2 is 1.25 bits per heavy atom. The average molecular weight is 1010 g/mol. The predicted octanol–water partition coefficient (Wildman–Crippen LogP) is 9.99. The van der Waals surface area contributed by atoms with Crippen molar-refractivity contribution >= 4 is 84.2 Å². The fraction of sp³-hybridized carbons (Fsp3) is 0.236. The van der Waals surface area contributed by atoms with E-state index in [2.05, 4.69) is 46.9 Å². The van der Waals surface area contributed by atoms with Gasteiger partial charge in [-0.05, 0) is 151 Å². The molecule has 0 saturated heterocycles. The lowest BCUT2D eigenvalue weighted by Gasteiger charge is -2.16. The van der Waals surface area contributed by atoms with Crippen molar-refractivity contribution in [3.05, 3.63) is 155 Å². The standard InChI is InChI=1S/C24H22N6O.C21H18ClN5O2S.C10H11NO/c31-19-6-2-15-11-18(3-1-16(15)12-19)28-24-29-22-21(23(30-24)27-17-4-5-17)20(13-26-22)14-7-9-25-10-8-14;1-13-2-6-16(7-3-13)30(28,29)27-12-17(14-8-10-23-11-9-14)18-19(24-15-4-5-15)25-21(22)26-20(18)27;11-9-3-1-8-6-10(12)4-2-7(8)5-9/h1,3,7-11,13,17H,2,4-6,12H2,(H3,26,27,28,29,30);2-3,6-12,15H,4-5H2,1H3,(H,24,25,26);1,3,5H,2,4,6,11H2. The van der Waals surface area contributed by atoms with Gasteiger partial charge < -0.3 is 26.7 Å². The third-order valence-electron chi connectivity index (χ3n) is 13.3. The van der Waals surface area contributed by atoms with E-state index >= 15 is 0 Å². The summed E-state index contributed by atoms with van der Waals surface area (Å²) in [6.07, 6.45) is 19.0. The Morgan fingerprint density at radius 3 is 1.88 bits per heavy atom. The molecular weight excluding hydrogens is 960 g/mol. The zero-order chi connectivity index (χ0) is 50.2. The minimum Gasteiger partial charge on any atom is -0.399 e. The van der Waals surface area contributed by atoms with Gasteiger partial charge in [-0.2, -0.15) is 15.0 Å². The Labute approximate surface area is 426 Å². The summed E-state index contributed by atoms with van der Waals surface area (Å²) in [5, 5.41) is 11.9. The second-order valence-electron chi connectivity index (χ2n) is 18.9. The molecule has 0 unspecified atom stereocenters. The normalized spacial score (nSPS) is 15.1. The number of fused-ring (bicyclic) bond motifs is 4. The predicted molar refractivity (Wildman–Crippen MR) is 285 cm³/mol. The summed E-state index contributed by atoms with van der Waals surface area (Å²) in [5.74, 6) is 2.58. The third kappa shape index (κ3) is 10.5. The molecule has 368 valence electrons. The molecule has 0 bridgehead atoms. The van der Waals surface area contributed by atoms with Crippen LogP contribution < -0.4 is 21.7 Å². The van der Waals surface area contributed by atoms with E-state index in [1.807, 2.05) is 67.7 Å². The van der Waals surface area contributed by atoms with E-state index in [1.54, 1.807) is 55.2 Å². The quantitative estimate of drug-likeness (QED) is 0.0635. The van der Waals surface area contributed by atoms with Crippen molar-refractivity contribution in [3.8, 4) is 22.3 Å². The number of aromatic amines is 1. The van der Waals surface area contributed by atoms with Gasteiger partial charge in [0.2, 0.25) is 11.2 Å². The minimum atomic E-state index is -3.89. The van der Waals surface area contributed by atoms with Crippen molar-refractivity contribution in [2.45, 2.75) is 88.1 Å². The van der Waals surface area contributed by atoms with E-state index in [-0.39, 0.29) is 15.8 Å². The molecule has 4 aliphatic rings. The number of H-pyrrole nitrogens is 1. The van der Waals surface area contributed by atoms with Gasteiger partial charge in [-0.1, -0.05) is 29.8 Å². The van der Waals surface area contributed by atoms with E-state index in [0.717, 1.165) is 100 Å². The number of carbonyl (C=O) groups is 2. The van der Waals surface area contributed by atoms with Crippen LogP contribution in [0.4, 0.5) is 29.0 Å². The summed E-state index contributed by atoms with van der Waals surface area (Å²) in [6.45, 7) is 1.91. The van der Waals surface area contributed by atoms with Crippen molar-refractivity contribution < 1.29 is 18.0 Å². The lowest BCUT2D eigenvalue weighted by atomic mass is 9.90. The number of Topliss-reactive ketones (excluding diaryl/α,β-unsaturated/α-hetero) is 2. The van der Waals surface area contributed by atoms with E-state index in [9.17, 15) is 18.0 Å². The van der Waals surface area contributed by atoms with Gasteiger partial charge in [0.05, 0.1) is 15.7 Å². The molecule has 73 heavy (non-hydrogen) atoms. The largest absolute Gasteiger partial charge is 0.399 e. The van der Waals surface area contributed by atoms with Gasteiger partial charge in [-0.25, -0.2) is 17.4 Å². The molecule has 0 aliphatic heterocycles. The lowest BCUT2D eigenvalue weighted by Crippen LogP contribution is -2.13. The van der Waals surface area contributed by atoms with Gasteiger partial charge in [0, 0.05) is 97.4 Å². The lowest BCUT2D eigenvalue weighted by molar-refractivity contribution is -0.119.